The van der Waals surface area contributed by atoms with E-state index >= 15 is 0 Å². The monoisotopic (exact) mass is 431 g/mol. The predicted octanol–water partition coefficient (Wildman–Crippen LogP) is 5.26. The summed E-state index contributed by atoms with van der Waals surface area (Å²) in [6, 6.07) is 21.0. The first kappa shape index (κ1) is 20.3. The van der Waals surface area contributed by atoms with Crippen LogP contribution in [0.4, 0.5) is 11.5 Å². The molecule has 3 aromatic carbocycles. The Morgan fingerprint density at radius 3 is 2.74 bits per heavy atom. The van der Waals surface area contributed by atoms with Gasteiger partial charge in [-0.25, -0.2) is 9.97 Å². The summed E-state index contributed by atoms with van der Waals surface area (Å²) in [4.78, 5) is 20.8. The van der Waals surface area contributed by atoms with E-state index < -0.39 is 0 Å². The largest absolute Gasteiger partial charge is 0.427 e. The highest BCUT2D eigenvalue weighted by molar-refractivity contribution is 5.93. The number of anilines is 2. The highest BCUT2D eigenvalue weighted by Gasteiger charge is 2.11. The van der Waals surface area contributed by atoms with Crippen LogP contribution < -0.4 is 10.1 Å². The summed E-state index contributed by atoms with van der Waals surface area (Å²) in [5.41, 5.74) is 3.43. The molecule has 5 aromatic rings. The van der Waals surface area contributed by atoms with E-state index in [9.17, 15) is 4.79 Å². The number of carbonyl (C=O) groups is 1. The third-order valence-corrected chi connectivity index (χ3v) is 4.66. The van der Waals surface area contributed by atoms with Crippen molar-refractivity contribution in [2.75, 3.05) is 5.32 Å². The standard InChI is InChI=1S/C23H17N5O2.ClH/c1-14(29)30-18-6-4-5-15(12-18)22-26-21-8-3-2-7-19(21)23(27-22)25-17-9-10-20-16(11-17)13-24-28-20;/h2-13H,1H3,(H,24,28)(H,25,26,27);1H. The van der Waals surface area contributed by atoms with E-state index in [1.165, 1.54) is 6.92 Å². The number of hydrogen-bond acceptors (Lipinski definition) is 6. The molecule has 0 aliphatic carbocycles. The van der Waals surface area contributed by atoms with Crippen LogP contribution in [0.1, 0.15) is 6.92 Å². The first-order valence-corrected chi connectivity index (χ1v) is 9.41. The number of rotatable bonds is 4. The lowest BCUT2D eigenvalue weighted by Gasteiger charge is -2.12. The van der Waals surface area contributed by atoms with Gasteiger partial charge in [-0.05, 0) is 42.5 Å². The molecule has 2 aromatic heterocycles. The molecule has 31 heavy (non-hydrogen) atoms. The molecule has 2 N–H and O–H groups in total. The number of nitrogens with one attached hydrogen (secondary N) is 2. The molecule has 0 saturated carbocycles. The van der Waals surface area contributed by atoms with Crippen LogP contribution in [0.15, 0.2) is 72.9 Å². The van der Waals surface area contributed by atoms with E-state index in [4.69, 9.17) is 14.7 Å². The number of esters is 1. The third kappa shape index (κ3) is 4.17. The zero-order chi connectivity index (χ0) is 20.5. The fourth-order valence-electron chi connectivity index (χ4n) is 3.32. The van der Waals surface area contributed by atoms with Gasteiger partial charge in [-0.2, -0.15) is 5.10 Å². The number of aromatic amines is 1. The summed E-state index contributed by atoms with van der Waals surface area (Å²) in [5, 5.41) is 12.3. The molecule has 0 aliphatic rings. The van der Waals surface area contributed by atoms with E-state index in [0.29, 0.717) is 17.4 Å². The van der Waals surface area contributed by atoms with E-state index in [1.807, 2.05) is 54.6 Å². The van der Waals surface area contributed by atoms with Crippen molar-refractivity contribution in [3.8, 4) is 17.1 Å². The van der Waals surface area contributed by atoms with Gasteiger partial charge in [0, 0.05) is 28.9 Å². The Morgan fingerprint density at radius 1 is 1.00 bits per heavy atom. The van der Waals surface area contributed by atoms with Crippen LogP contribution in [-0.4, -0.2) is 26.1 Å². The molecule has 0 unspecified atom stereocenters. The average molecular weight is 432 g/mol. The van der Waals surface area contributed by atoms with Gasteiger partial charge >= 0.3 is 5.97 Å². The van der Waals surface area contributed by atoms with Crippen LogP contribution in [0.25, 0.3) is 33.2 Å². The molecule has 7 nitrogen and oxygen atoms in total. The first-order valence-electron chi connectivity index (χ1n) is 9.41. The number of aromatic nitrogens is 4. The molecule has 0 bridgehead atoms. The predicted molar refractivity (Wildman–Crippen MR) is 123 cm³/mol. The van der Waals surface area contributed by atoms with Crippen molar-refractivity contribution in [2.45, 2.75) is 6.92 Å². The van der Waals surface area contributed by atoms with Gasteiger partial charge in [0.1, 0.15) is 11.6 Å². The van der Waals surface area contributed by atoms with Crippen molar-refractivity contribution in [2.24, 2.45) is 0 Å². The molecule has 8 heteroatoms. The topological polar surface area (TPSA) is 92.8 Å². The van der Waals surface area contributed by atoms with Crippen molar-refractivity contribution in [3.05, 3.63) is 72.9 Å². The van der Waals surface area contributed by atoms with Crippen LogP contribution in [0.3, 0.4) is 0 Å². The van der Waals surface area contributed by atoms with Crippen LogP contribution in [0, 0.1) is 0 Å². The first-order chi connectivity index (χ1) is 14.7. The number of ether oxygens (including phenoxy) is 1. The number of benzene rings is 3. The molecule has 0 saturated heterocycles. The summed E-state index contributed by atoms with van der Waals surface area (Å²) in [7, 11) is 0. The fourth-order valence-corrected chi connectivity index (χ4v) is 3.32. The lowest BCUT2D eigenvalue weighted by molar-refractivity contribution is -0.131. The Balaban J connectivity index is 0.00000231. The molecular weight excluding hydrogens is 414 g/mol. The maximum absolute atomic E-state index is 11.3. The second kappa shape index (κ2) is 8.41. The maximum atomic E-state index is 11.3. The van der Waals surface area contributed by atoms with Gasteiger partial charge in [-0.1, -0.05) is 24.3 Å². The molecule has 154 valence electrons. The summed E-state index contributed by atoms with van der Waals surface area (Å²) < 4.78 is 5.20. The van der Waals surface area contributed by atoms with Crippen molar-refractivity contribution >= 4 is 51.7 Å². The van der Waals surface area contributed by atoms with E-state index in [0.717, 1.165) is 33.1 Å². The third-order valence-electron chi connectivity index (χ3n) is 4.66. The summed E-state index contributed by atoms with van der Waals surface area (Å²) in [5.74, 6) is 1.31. The van der Waals surface area contributed by atoms with Crippen molar-refractivity contribution in [1.29, 1.82) is 0 Å². The number of fused-ring (bicyclic) bond motifs is 2. The number of halogens is 1. The number of carbonyl (C=O) groups excluding carboxylic acids is 1. The van der Waals surface area contributed by atoms with Gasteiger partial charge in [-0.15, -0.1) is 12.4 Å². The molecule has 0 spiro atoms. The molecular formula is C23H18ClN5O2. The minimum atomic E-state index is -0.372. The second-order valence-corrected chi connectivity index (χ2v) is 6.83. The Kier molecular flexibility index (Phi) is 5.51. The Hall–Kier alpha value is -3.97. The number of hydrogen-bond donors (Lipinski definition) is 2. The highest BCUT2D eigenvalue weighted by Crippen LogP contribution is 2.29. The maximum Gasteiger partial charge on any atom is 0.308 e. The second-order valence-electron chi connectivity index (χ2n) is 6.83. The summed E-state index contributed by atoms with van der Waals surface area (Å²) >= 11 is 0. The van der Waals surface area contributed by atoms with Gasteiger partial charge in [-0.3, -0.25) is 9.89 Å². The summed E-state index contributed by atoms with van der Waals surface area (Å²) in [6.45, 7) is 1.37. The van der Waals surface area contributed by atoms with Crippen molar-refractivity contribution < 1.29 is 9.53 Å². The minimum absolute atomic E-state index is 0. The SMILES string of the molecule is CC(=O)Oc1cccc(-c2nc(Nc3ccc4[nH]ncc4c3)c3ccccc3n2)c1.Cl. The fraction of sp³-hybridized carbons (Fsp3) is 0.0435. The zero-order valence-corrected chi connectivity index (χ0v) is 17.3. The van der Waals surface area contributed by atoms with Crippen molar-refractivity contribution in [3.63, 3.8) is 0 Å². The van der Waals surface area contributed by atoms with E-state index in [1.54, 1.807) is 18.3 Å². The van der Waals surface area contributed by atoms with Crippen LogP contribution >= 0.6 is 12.4 Å². The molecule has 2 heterocycles. The molecule has 0 amide bonds. The van der Waals surface area contributed by atoms with E-state index in [2.05, 4.69) is 15.5 Å². The lowest BCUT2D eigenvalue weighted by Crippen LogP contribution is -2.02. The Bertz CT molecular complexity index is 1400. The van der Waals surface area contributed by atoms with Crippen LogP contribution in [0.2, 0.25) is 0 Å². The number of para-hydroxylation sites is 1. The normalized spacial score (nSPS) is 10.6. The van der Waals surface area contributed by atoms with Gasteiger partial charge < -0.3 is 10.1 Å². The number of nitrogens with zero attached hydrogens (tertiary/aromatic N) is 3. The van der Waals surface area contributed by atoms with E-state index in [-0.39, 0.29) is 18.4 Å². The Labute approximate surface area is 183 Å². The number of H-pyrrole nitrogens is 1. The zero-order valence-electron chi connectivity index (χ0n) is 16.5. The lowest BCUT2D eigenvalue weighted by atomic mass is 10.1. The smallest absolute Gasteiger partial charge is 0.308 e. The quantitative estimate of drug-likeness (QED) is 0.297. The van der Waals surface area contributed by atoms with Gasteiger partial charge in [0.05, 0.1) is 17.2 Å². The van der Waals surface area contributed by atoms with Crippen LogP contribution in [-0.2, 0) is 4.79 Å². The minimum Gasteiger partial charge on any atom is -0.427 e. The molecule has 0 radical (unpaired) electrons. The highest BCUT2D eigenvalue weighted by atomic mass is 35.5. The van der Waals surface area contributed by atoms with Gasteiger partial charge in [0.2, 0.25) is 0 Å². The van der Waals surface area contributed by atoms with Gasteiger partial charge in [0.15, 0.2) is 5.82 Å². The van der Waals surface area contributed by atoms with Crippen LogP contribution in [0.5, 0.6) is 5.75 Å². The molecule has 0 aliphatic heterocycles. The molecule has 0 fully saturated rings. The molecule has 0 atom stereocenters. The Morgan fingerprint density at radius 2 is 1.87 bits per heavy atom. The molecule has 5 rings (SSSR count). The summed E-state index contributed by atoms with van der Waals surface area (Å²) in [6.07, 6.45) is 1.78. The average Bonchev–Trinajstić information content (AvgIpc) is 3.21. The van der Waals surface area contributed by atoms with Gasteiger partial charge in [0.25, 0.3) is 0 Å². The van der Waals surface area contributed by atoms with Crippen molar-refractivity contribution in [1.82, 2.24) is 20.2 Å².